The average molecular weight is 487 g/mol. The van der Waals surface area contributed by atoms with Gasteiger partial charge in [-0.05, 0) is 62.1 Å². The van der Waals surface area contributed by atoms with Crippen molar-refractivity contribution >= 4 is 21.7 Å². The third-order valence-electron chi connectivity index (χ3n) is 6.42. The molecule has 3 rings (SSSR count). The Morgan fingerprint density at radius 2 is 1.65 bits per heavy atom. The maximum absolute atomic E-state index is 13.4. The number of carbonyl (C=O) groups is 1. The fraction of sp³-hybridized carbons (Fsp3) is 0.519. The molecule has 0 amide bonds. The molecule has 1 aliphatic heterocycles. The first-order chi connectivity index (χ1) is 16.4. The van der Waals surface area contributed by atoms with Gasteiger partial charge in [0.1, 0.15) is 0 Å². The number of hydrogen-bond acceptors (Lipinski definition) is 5. The van der Waals surface area contributed by atoms with Gasteiger partial charge in [-0.3, -0.25) is 9.10 Å². The van der Waals surface area contributed by atoms with E-state index in [1.807, 2.05) is 50.2 Å². The average Bonchev–Trinajstić information content (AvgIpc) is 2.88. The largest absolute Gasteiger partial charge is 0.466 e. The van der Waals surface area contributed by atoms with E-state index in [0.29, 0.717) is 17.9 Å². The monoisotopic (exact) mass is 486 g/mol. The standard InChI is InChI=1S/C27H38N2O4S/c1-4-33-26(30)16-10-8-6-5-7-9-13-19-28-27-22-14-11-12-15-24(22)29(3)34(31,32)25-20-21(2)17-18-23(25)27/h11-12,14-15,17-18,20,27-28H,4-10,13,16,19H2,1-3H3. The summed E-state index contributed by atoms with van der Waals surface area (Å²) in [6.45, 7) is 5.03. The zero-order valence-electron chi connectivity index (χ0n) is 20.7. The molecule has 1 atom stereocenters. The van der Waals surface area contributed by atoms with Crippen LogP contribution < -0.4 is 9.62 Å². The number of unbranched alkanes of at least 4 members (excludes halogenated alkanes) is 6. The number of sulfonamides is 1. The first-order valence-electron chi connectivity index (χ1n) is 12.4. The van der Waals surface area contributed by atoms with E-state index >= 15 is 0 Å². The van der Waals surface area contributed by atoms with Crippen molar-refractivity contribution in [2.75, 3.05) is 24.5 Å². The zero-order valence-corrected chi connectivity index (χ0v) is 21.5. The second-order valence-corrected chi connectivity index (χ2v) is 10.9. The normalized spacial score (nSPS) is 16.4. The van der Waals surface area contributed by atoms with Crippen molar-refractivity contribution in [3.63, 3.8) is 0 Å². The van der Waals surface area contributed by atoms with Gasteiger partial charge in [0.05, 0.1) is 23.2 Å². The molecule has 2 aromatic rings. The number of aryl methyl sites for hydroxylation is 1. The molecule has 6 nitrogen and oxygen atoms in total. The van der Waals surface area contributed by atoms with Crippen molar-refractivity contribution in [2.45, 2.75) is 76.2 Å². The molecule has 1 N–H and O–H groups in total. The molecule has 0 radical (unpaired) electrons. The van der Waals surface area contributed by atoms with Crippen LogP contribution in [0.4, 0.5) is 5.69 Å². The number of rotatable bonds is 12. The van der Waals surface area contributed by atoms with Gasteiger partial charge in [0.15, 0.2) is 0 Å². The third kappa shape index (κ3) is 6.39. The molecule has 1 heterocycles. The van der Waals surface area contributed by atoms with Crippen LogP contribution in [0.1, 0.15) is 81.0 Å². The Labute approximate surface area is 204 Å². The van der Waals surface area contributed by atoms with Crippen molar-refractivity contribution in [1.29, 1.82) is 0 Å². The van der Waals surface area contributed by atoms with Crippen molar-refractivity contribution < 1.29 is 17.9 Å². The van der Waals surface area contributed by atoms with E-state index in [4.69, 9.17) is 4.74 Å². The van der Waals surface area contributed by atoms with Crippen LogP contribution >= 0.6 is 0 Å². The van der Waals surface area contributed by atoms with Crippen LogP contribution in [0.5, 0.6) is 0 Å². The number of nitrogens with one attached hydrogen (secondary N) is 1. The smallest absolute Gasteiger partial charge is 0.305 e. The highest BCUT2D eigenvalue weighted by atomic mass is 32.2. The number of hydrogen-bond donors (Lipinski definition) is 1. The number of esters is 1. The van der Waals surface area contributed by atoms with E-state index < -0.39 is 10.0 Å². The minimum absolute atomic E-state index is 0.0932. The van der Waals surface area contributed by atoms with Gasteiger partial charge in [-0.2, -0.15) is 0 Å². The summed E-state index contributed by atoms with van der Waals surface area (Å²) in [7, 11) is -1.99. The second-order valence-electron chi connectivity index (χ2n) is 8.99. The molecule has 0 aromatic heterocycles. The molecule has 0 aliphatic carbocycles. The molecular weight excluding hydrogens is 448 g/mol. The van der Waals surface area contributed by atoms with E-state index in [9.17, 15) is 13.2 Å². The van der Waals surface area contributed by atoms with E-state index in [1.54, 1.807) is 13.1 Å². The van der Waals surface area contributed by atoms with Gasteiger partial charge in [-0.15, -0.1) is 0 Å². The molecule has 186 valence electrons. The number of carbonyl (C=O) groups excluding carboxylic acids is 1. The molecule has 2 aromatic carbocycles. The highest BCUT2D eigenvalue weighted by Crippen LogP contribution is 2.40. The molecule has 0 saturated heterocycles. The summed E-state index contributed by atoms with van der Waals surface area (Å²) in [6.07, 6.45) is 8.11. The predicted octanol–water partition coefficient (Wildman–Crippen LogP) is 5.50. The van der Waals surface area contributed by atoms with Crippen LogP contribution in [0.2, 0.25) is 0 Å². The first kappa shape index (κ1) is 26.2. The maximum atomic E-state index is 13.4. The van der Waals surface area contributed by atoms with E-state index in [-0.39, 0.29) is 12.0 Å². The molecule has 0 spiro atoms. The number of para-hydroxylation sites is 1. The summed E-state index contributed by atoms with van der Waals surface area (Å²) in [6, 6.07) is 13.3. The third-order valence-corrected chi connectivity index (χ3v) is 8.24. The predicted molar refractivity (Wildman–Crippen MR) is 137 cm³/mol. The molecule has 1 aliphatic rings. The number of fused-ring (bicyclic) bond motifs is 2. The van der Waals surface area contributed by atoms with Crippen LogP contribution in [-0.4, -0.2) is 34.6 Å². The van der Waals surface area contributed by atoms with Crippen molar-refractivity contribution in [2.24, 2.45) is 0 Å². The lowest BCUT2D eigenvalue weighted by molar-refractivity contribution is -0.143. The molecule has 0 saturated carbocycles. The van der Waals surface area contributed by atoms with Crippen LogP contribution in [0.25, 0.3) is 0 Å². The minimum atomic E-state index is -3.62. The lowest BCUT2D eigenvalue weighted by Gasteiger charge is -2.22. The Bertz CT molecular complexity index is 1070. The van der Waals surface area contributed by atoms with E-state index in [2.05, 4.69) is 5.32 Å². The van der Waals surface area contributed by atoms with Gasteiger partial charge in [0.25, 0.3) is 10.0 Å². The lowest BCUT2D eigenvalue weighted by atomic mass is 9.96. The zero-order chi connectivity index (χ0) is 24.6. The molecule has 0 bridgehead atoms. The molecular formula is C27H38N2O4S. The van der Waals surface area contributed by atoms with Gasteiger partial charge in [-0.1, -0.05) is 62.4 Å². The summed E-state index contributed by atoms with van der Waals surface area (Å²) in [4.78, 5) is 11.7. The quantitative estimate of drug-likeness (QED) is 0.317. The molecule has 0 fully saturated rings. The van der Waals surface area contributed by atoms with Crippen LogP contribution in [-0.2, 0) is 19.6 Å². The Morgan fingerprint density at radius 3 is 2.38 bits per heavy atom. The van der Waals surface area contributed by atoms with Crippen molar-refractivity contribution in [3.8, 4) is 0 Å². The van der Waals surface area contributed by atoms with Gasteiger partial charge >= 0.3 is 5.97 Å². The summed E-state index contributed by atoms with van der Waals surface area (Å²) >= 11 is 0. The fourth-order valence-electron chi connectivity index (χ4n) is 4.54. The number of benzene rings is 2. The van der Waals surface area contributed by atoms with E-state index in [1.165, 1.54) is 10.7 Å². The Hall–Kier alpha value is -2.38. The summed E-state index contributed by atoms with van der Waals surface area (Å²) in [5.74, 6) is -0.0932. The highest BCUT2D eigenvalue weighted by molar-refractivity contribution is 7.92. The topological polar surface area (TPSA) is 75.7 Å². The van der Waals surface area contributed by atoms with Crippen molar-refractivity contribution in [3.05, 3.63) is 59.2 Å². The first-order valence-corrected chi connectivity index (χ1v) is 13.9. The molecule has 1 unspecified atom stereocenters. The molecule has 34 heavy (non-hydrogen) atoms. The van der Waals surface area contributed by atoms with Gasteiger partial charge in [-0.25, -0.2) is 8.42 Å². The number of nitrogens with zero attached hydrogens (tertiary/aromatic N) is 1. The molecule has 7 heteroatoms. The van der Waals surface area contributed by atoms with E-state index in [0.717, 1.165) is 67.4 Å². The summed E-state index contributed by atoms with van der Waals surface area (Å²) < 4.78 is 33.1. The highest BCUT2D eigenvalue weighted by Gasteiger charge is 2.34. The fourth-order valence-corrected chi connectivity index (χ4v) is 6.08. The SMILES string of the molecule is CCOC(=O)CCCCCCCCCNC1c2ccccc2N(C)S(=O)(=O)c2cc(C)ccc21. The van der Waals surface area contributed by atoms with Gasteiger partial charge < -0.3 is 10.1 Å². The maximum Gasteiger partial charge on any atom is 0.305 e. The Kier molecular flexibility index (Phi) is 9.54. The number of ether oxygens (including phenoxy) is 1. The van der Waals surface area contributed by atoms with Crippen LogP contribution in [0.3, 0.4) is 0 Å². The second kappa shape index (κ2) is 12.4. The van der Waals surface area contributed by atoms with Crippen LogP contribution in [0.15, 0.2) is 47.4 Å². The Morgan fingerprint density at radius 1 is 0.971 bits per heavy atom. The lowest BCUT2D eigenvalue weighted by Crippen LogP contribution is -2.26. The summed E-state index contributed by atoms with van der Waals surface area (Å²) in [5.41, 5.74) is 3.45. The van der Waals surface area contributed by atoms with Crippen molar-refractivity contribution in [1.82, 2.24) is 5.32 Å². The number of anilines is 1. The van der Waals surface area contributed by atoms with Gasteiger partial charge in [0.2, 0.25) is 0 Å². The van der Waals surface area contributed by atoms with Gasteiger partial charge in [0, 0.05) is 13.5 Å². The van der Waals surface area contributed by atoms with Crippen LogP contribution in [0, 0.1) is 6.92 Å². The minimum Gasteiger partial charge on any atom is -0.466 e. The summed E-state index contributed by atoms with van der Waals surface area (Å²) in [5, 5.41) is 3.64. The Balaban J connectivity index is 1.55.